The summed E-state index contributed by atoms with van der Waals surface area (Å²) in [6.45, 7) is 3.59. The first kappa shape index (κ1) is 10.1. The zero-order valence-electron chi connectivity index (χ0n) is 7.63. The van der Waals surface area contributed by atoms with Crippen molar-refractivity contribution in [2.24, 2.45) is 0 Å². The van der Waals surface area contributed by atoms with Crippen molar-refractivity contribution in [1.82, 2.24) is 0 Å². The highest BCUT2D eigenvalue weighted by Gasteiger charge is 2.01. The lowest BCUT2D eigenvalue weighted by molar-refractivity contribution is -0.142. The molecule has 0 atom stereocenters. The Balaban J connectivity index is 2.75. The van der Waals surface area contributed by atoms with Gasteiger partial charge in [-0.15, -0.1) is 0 Å². The molecule has 1 rings (SSSR count). The maximum Gasteiger partial charge on any atom is 0.302 e. The Hall–Kier alpha value is -1.02. The number of carbonyl (C=O) groups is 1. The van der Waals surface area contributed by atoms with Gasteiger partial charge in [-0.25, -0.2) is 0 Å². The second-order valence-corrected chi connectivity index (χ2v) is 3.28. The predicted octanol–water partition coefficient (Wildman–Crippen LogP) is 2.71. The Morgan fingerprint density at radius 1 is 1.54 bits per heavy atom. The van der Waals surface area contributed by atoms with Crippen molar-refractivity contribution >= 4 is 17.6 Å². The number of ether oxygens (including phenoxy) is 1. The lowest BCUT2D eigenvalue weighted by atomic mass is 10.1. The zero-order chi connectivity index (χ0) is 9.84. The van der Waals surface area contributed by atoms with Gasteiger partial charge in [0, 0.05) is 17.5 Å². The number of hydrogen-bond acceptors (Lipinski definition) is 2. The van der Waals surface area contributed by atoms with Crippen LogP contribution < -0.4 is 0 Å². The summed E-state index contributed by atoms with van der Waals surface area (Å²) >= 11 is 5.89. The van der Waals surface area contributed by atoms with Crippen LogP contribution in [0.15, 0.2) is 18.2 Å². The Morgan fingerprint density at radius 2 is 2.23 bits per heavy atom. The highest BCUT2D eigenvalue weighted by molar-refractivity contribution is 6.31. The van der Waals surface area contributed by atoms with Gasteiger partial charge >= 0.3 is 5.97 Å². The van der Waals surface area contributed by atoms with Crippen molar-refractivity contribution in [3.63, 3.8) is 0 Å². The first-order valence-corrected chi connectivity index (χ1v) is 4.36. The van der Waals surface area contributed by atoms with Crippen molar-refractivity contribution in [2.75, 3.05) is 0 Å². The molecule has 0 radical (unpaired) electrons. The number of rotatable bonds is 2. The molecule has 1 aromatic carbocycles. The van der Waals surface area contributed by atoms with E-state index in [0.717, 1.165) is 11.1 Å². The highest BCUT2D eigenvalue weighted by atomic mass is 35.5. The van der Waals surface area contributed by atoms with Crippen molar-refractivity contribution in [2.45, 2.75) is 20.5 Å². The Kier molecular flexibility index (Phi) is 3.32. The van der Waals surface area contributed by atoms with Crippen LogP contribution in [-0.4, -0.2) is 5.97 Å². The number of esters is 1. The normalized spacial score (nSPS) is 9.77. The number of hydrogen-bond donors (Lipinski definition) is 0. The molecule has 0 saturated carbocycles. The van der Waals surface area contributed by atoms with E-state index in [4.69, 9.17) is 16.3 Å². The first-order chi connectivity index (χ1) is 6.09. The summed E-state index contributed by atoms with van der Waals surface area (Å²) in [6.07, 6.45) is 0. The molecule has 0 aliphatic carbocycles. The molecule has 0 unspecified atom stereocenters. The molecular weight excluding hydrogens is 188 g/mol. The molecule has 0 aliphatic rings. The van der Waals surface area contributed by atoms with Gasteiger partial charge < -0.3 is 4.74 Å². The molecule has 0 saturated heterocycles. The lowest BCUT2D eigenvalue weighted by Crippen LogP contribution is -1.99. The molecule has 0 heterocycles. The Labute approximate surface area is 82.5 Å². The molecule has 0 spiro atoms. The van der Waals surface area contributed by atoms with Gasteiger partial charge in [-0.3, -0.25) is 4.79 Å². The second kappa shape index (κ2) is 4.28. The standard InChI is InChI=1S/C10H11ClO2/c1-7-3-4-10(11)9(5-7)6-13-8(2)12/h3-5H,6H2,1-2H3. The topological polar surface area (TPSA) is 26.3 Å². The van der Waals surface area contributed by atoms with E-state index in [9.17, 15) is 4.79 Å². The van der Waals surface area contributed by atoms with Crippen LogP contribution >= 0.6 is 11.6 Å². The average Bonchev–Trinajstić information content (AvgIpc) is 2.06. The molecule has 0 N–H and O–H groups in total. The van der Waals surface area contributed by atoms with Gasteiger partial charge in [-0.2, -0.15) is 0 Å². The van der Waals surface area contributed by atoms with Gasteiger partial charge in [0.2, 0.25) is 0 Å². The van der Waals surface area contributed by atoms with Crippen LogP contribution in [0.4, 0.5) is 0 Å². The first-order valence-electron chi connectivity index (χ1n) is 3.98. The summed E-state index contributed by atoms with van der Waals surface area (Å²) in [5.74, 6) is -0.294. The van der Waals surface area contributed by atoms with Crippen LogP contribution in [0.25, 0.3) is 0 Å². The number of aryl methyl sites for hydroxylation is 1. The van der Waals surface area contributed by atoms with Crippen LogP contribution in [0.3, 0.4) is 0 Å². The van der Waals surface area contributed by atoms with Crippen LogP contribution in [0, 0.1) is 6.92 Å². The van der Waals surface area contributed by atoms with Gasteiger partial charge in [0.1, 0.15) is 6.61 Å². The van der Waals surface area contributed by atoms with Crippen molar-refractivity contribution in [1.29, 1.82) is 0 Å². The minimum atomic E-state index is -0.294. The van der Waals surface area contributed by atoms with Gasteiger partial charge in [-0.05, 0) is 13.0 Å². The molecule has 2 nitrogen and oxygen atoms in total. The molecule has 1 aromatic rings. The average molecular weight is 199 g/mol. The summed E-state index contributed by atoms with van der Waals surface area (Å²) in [5, 5.41) is 0.631. The van der Waals surface area contributed by atoms with Gasteiger partial charge in [0.15, 0.2) is 0 Å². The third-order valence-corrected chi connectivity index (χ3v) is 2.00. The highest BCUT2D eigenvalue weighted by Crippen LogP contribution is 2.18. The third kappa shape index (κ3) is 3.07. The van der Waals surface area contributed by atoms with Crippen LogP contribution in [-0.2, 0) is 16.1 Å². The summed E-state index contributed by atoms with van der Waals surface area (Å²) < 4.78 is 4.84. The smallest absolute Gasteiger partial charge is 0.302 e. The number of halogens is 1. The van der Waals surface area contributed by atoms with E-state index < -0.39 is 0 Å². The van der Waals surface area contributed by atoms with Crippen LogP contribution in [0.1, 0.15) is 18.1 Å². The van der Waals surface area contributed by atoms with E-state index in [0.29, 0.717) is 5.02 Å². The maximum atomic E-state index is 10.5. The summed E-state index contributed by atoms with van der Waals surface area (Å²) in [6, 6.07) is 5.63. The van der Waals surface area contributed by atoms with Crippen molar-refractivity contribution < 1.29 is 9.53 Å². The maximum absolute atomic E-state index is 10.5. The van der Waals surface area contributed by atoms with Crippen LogP contribution in [0.2, 0.25) is 5.02 Å². The monoisotopic (exact) mass is 198 g/mol. The van der Waals surface area contributed by atoms with Crippen LogP contribution in [0.5, 0.6) is 0 Å². The molecular formula is C10H11ClO2. The quantitative estimate of drug-likeness (QED) is 0.683. The van der Waals surface area contributed by atoms with E-state index in [1.54, 1.807) is 6.07 Å². The van der Waals surface area contributed by atoms with Crippen molar-refractivity contribution in [3.05, 3.63) is 34.3 Å². The molecule has 0 fully saturated rings. The van der Waals surface area contributed by atoms with E-state index >= 15 is 0 Å². The van der Waals surface area contributed by atoms with Gasteiger partial charge in [-0.1, -0.05) is 29.3 Å². The SMILES string of the molecule is CC(=O)OCc1cc(C)ccc1Cl. The van der Waals surface area contributed by atoms with E-state index in [1.807, 2.05) is 19.1 Å². The summed E-state index contributed by atoms with van der Waals surface area (Å²) in [4.78, 5) is 10.5. The second-order valence-electron chi connectivity index (χ2n) is 2.88. The molecule has 0 bridgehead atoms. The minimum absolute atomic E-state index is 0.246. The van der Waals surface area contributed by atoms with Gasteiger partial charge in [0.25, 0.3) is 0 Å². The Morgan fingerprint density at radius 3 is 2.85 bits per heavy atom. The van der Waals surface area contributed by atoms with Crippen molar-refractivity contribution in [3.8, 4) is 0 Å². The largest absolute Gasteiger partial charge is 0.461 e. The van der Waals surface area contributed by atoms with E-state index in [-0.39, 0.29) is 12.6 Å². The summed E-state index contributed by atoms with van der Waals surface area (Å²) in [7, 11) is 0. The zero-order valence-corrected chi connectivity index (χ0v) is 8.39. The number of benzene rings is 1. The fourth-order valence-electron chi connectivity index (χ4n) is 0.994. The van der Waals surface area contributed by atoms with E-state index in [2.05, 4.69) is 0 Å². The molecule has 13 heavy (non-hydrogen) atoms. The predicted molar refractivity (Wildman–Crippen MR) is 51.7 cm³/mol. The molecule has 0 amide bonds. The molecule has 70 valence electrons. The number of carbonyl (C=O) groups excluding carboxylic acids is 1. The molecule has 0 aromatic heterocycles. The lowest BCUT2D eigenvalue weighted by Gasteiger charge is -2.05. The van der Waals surface area contributed by atoms with E-state index in [1.165, 1.54) is 6.92 Å². The third-order valence-electron chi connectivity index (χ3n) is 1.63. The summed E-state index contributed by atoms with van der Waals surface area (Å²) in [5.41, 5.74) is 1.95. The molecule has 0 aliphatic heterocycles. The minimum Gasteiger partial charge on any atom is -0.461 e. The van der Waals surface area contributed by atoms with Gasteiger partial charge in [0.05, 0.1) is 0 Å². The molecule has 3 heteroatoms. The fraction of sp³-hybridized carbons (Fsp3) is 0.300. The Bertz CT molecular complexity index is 321. The fourth-order valence-corrected chi connectivity index (χ4v) is 1.17.